The van der Waals surface area contributed by atoms with Crippen molar-refractivity contribution in [2.24, 2.45) is 0 Å². The van der Waals surface area contributed by atoms with Gasteiger partial charge in [-0.2, -0.15) is 25.8 Å². The molecule has 1 rings (SSSR count). The molecule has 84 valence electrons. The summed E-state index contributed by atoms with van der Waals surface area (Å²) in [6.45, 7) is 0. The van der Waals surface area contributed by atoms with Crippen molar-refractivity contribution in [3.05, 3.63) is 29.8 Å². The lowest BCUT2D eigenvalue weighted by Gasteiger charge is -2.08. The van der Waals surface area contributed by atoms with Crippen LogP contribution in [0, 0.1) is 0 Å². The molecule has 0 nitrogen and oxygen atoms in total. The summed E-state index contributed by atoms with van der Waals surface area (Å²) in [6, 6.07) is 5.40. The van der Waals surface area contributed by atoms with E-state index in [1.54, 1.807) is 6.07 Å². The Balaban J connectivity index is 2.66. The fourth-order valence-corrected chi connectivity index (χ4v) is 2.30. The number of hydrogen-bond acceptors (Lipinski definition) is 2. The molecule has 1 aromatic rings. The minimum Gasteiger partial charge on any atom is -0.179 e. The van der Waals surface area contributed by atoms with Crippen molar-refractivity contribution in [1.82, 2.24) is 0 Å². The van der Waals surface area contributed by atoms with Gasteiger partial charge < -0.3 is 0 Å². The highest BCUT2D eigenvalue weighted by molar-refractivity contribution is 7.99. The predicted octanol–water partition coefficient (Wildman–Crippen LogP) is 4.12. The van der Waals surface area contributed by atoms with Gasteiger partial charge in [0.1, 0.15) is 0 Å². The Hall–Kier alpha value is -0.290. The lowest BCUT2D eigenvalue weighted by molar-refractivity contribution is -0.137. The van der Waals surface area contributed by atoms with Gasteiger partial charge in [0.25, 0.3) is 0 Å². The van der Waals surface area contributed by atoms with Gasteiger partial charge in [-0.25, -0.2) is 0 Å². The molecule has 0 aliphatic heterocycles. The molecule has 0 unspecified atom stereocenters. The summed E-state index contributed by atoms with van der Waals surface area (Å²) in [4.78, 5) is 0.659. The zero-order valence-electron chi connectivity index (χ0n) is 7.92. The van der Waals surface area contributed by atoms with Gasteiger partial charge in [0, 0.05) is 4.90 Å². The Morgan fingerprint density at radius 1 is 1.27 bits per heavy atom. The average Bonchev–Trinajstić information content (AvgIpc) is 2.17. The molecule has 0 heterocycles. The minimum atomic E-state index is -4.25. The summed E-state index contributed by atoms with van der Waals surface area (Å²) in [7, 11) is 0. The second-order valence-corrected chi connectivity index (χ2v) is 4.57. The van der Waals surface area contributed by atoms with Crippen LogP contribution >= 0.6 is 24.4 Å². The number of thiol groups is 1. The third-order valence-electron chi connectivity index (χ3n) is 1.73. The van der Waals surface area contributed by atoms with E-state index in [-0.39, 0.29) is 0 Å². The van der Waals surface area contributed by atoms with Crippen molar-refractivity contribution >= 4 is 24.4 Å². The standard InChI is InChI=1S/C10H11F3S2/c11-10(12,13)8-3-1-4-9(7-8)15-6-2-5-14/h1,3-4,7,14H,2,5-6H2. The Morgan fingerprint density at radius 3 is 2.60 bits per heavy atom. The van der Waals surface area contributed by atoms with E-state index < -0.39 is 11.7 Å². The van der Waals surface area contributed by atoms with E-state index in [1.165, 1.54) is 23.9 Å². The molecule has 0 aliphatic rings. The first-order valence-corrected chi connectivity index (χ1v) is 6.07. The smallest absolute Gasteiger partial charge is 0.179 e. The maximum Gasteiger partial charge on any atom is 0.416 e. The summed E-state index contributed by atoms with van der Waals surface area (Å²) >= 11 is 5.47. The second kappa shape index (κ2) is 5.70. The van der Waals surface area contributed by atoms with E-state index in [0.717, 1.165) is 24.0 Å². The van der Waals surface area contributed by atoms with Crippen molar-refractivity contribution in [3.8, 4) is 0 Å². The molecule has 0 saturated heterocycles. The molecule has 1 aromatic carbocycles. The van der Waals surface area contributed by atoms with Gasteiger partial charge in [0.05, 0.1) is 5.56 Å². The highest BCUT2D eigenvalue weighted by Crippen LogP contribution is 2.31. The van der Waals surface area contributed by atoms with Crippen LogP contribution in [0.5, 0.6) is 0 Å². The van der Waals surface area contributed by atoms with E-state index >= 15 is 0 Å². The Bertz CT molecular complexity index is 310. The van der Waals surface area contributed by atoms with Crippen molar-refractivity contribution in [1.29, 1.82) is 0 Å². The van der Waals surface area contributed by atoms with E-state index in [4.69, 9.17) is 0 Å². The number of alkyl halides is 3. The number of halogens is 3. The lowest BCUT2D eigenvalue weighted by Crippen LogP contribution is -2.04. The summed E-state index contributed by atoms with van der Waals surface area (Å²) in [6.07, 6.45) is -3.36. The summed E-state index contributed by atoms with van der Waals surface area (Å²) in [5.74, 6) is 1.55. The molecule has 0 aromatic heterocycles. The van der Waals surface area contributed by atoms with Crippen LogP contribution in [-0.4, -0.2) is 11.5 Å². The van der Waals surface area contributed by atoms with Gasteiger partial charge >= 0.3 is 6.18 Å². The highest BCUT2D eigenvalue weighted by Gasteiger charge is 2.30. The molecule has 0 aliphatic carbocycles. The van der Waals surface area contributed by atoms with Crippen LogP contribution in [0.1, 0.15) is 12.0 Å². The van der Waals surface area contributed by atoms with E-state index in [9.17, 15) is 13.2 Å². The molecule has 0 N–H and O–H groups in total. The van der Waals surface area contributed by atoms with Crippen LogP contribution in [0.15, 0.2) is 29.2 Å². The zero-order valence-corrected chi connectivity index (χ0v) is 9.63. The van der Waals surface area contributed by atoms with Crippen molar-refractivity contribution < 1.29 is 13.2 Å². The van der Waals surface area contributed by atoms with Crippen LogP contribution in [0.25, 0.3) is 0 Å². The van der Waals surface area contributed by atoms with Gasteiger partial charge in [-0.05, 0) is 36.1 Å². The van der Waals surface area contributed by atoms with Crippen molar-refractivity contribution in [2.45, 2.75) is 17.5 Å². The van der Waals surface area contributed by atoms with Crippen LogP contribution in [0.3, 0.4) is 0 Å². The van der Waals surface area contributed by atoms with E-state index in [0.29, 0.717) is 4.90 Å². The molecule has 5 heteroatoms. The predicted molar refractivity (Wildman–Crippen MR) is 60.6 cm³/mol. The van der Waals surface area contributed by atoms with Crippen LogP contribution in [-0.2, 0) is 6.18 Å². The second-order valence-electron chi connectivity index (χ2n) is 2.95. The third kappa shape index (κ3) is 4.38. The largest absolute Gasteiger partial charge is 0.416 e. The topological polar surface area (TPSA) is 0 Å². The molecular formula is C10H11F3S2. The van der Waals surface area contributed by atoms with Gasteiger partial charge in [0.15, 0.2) is 0 Å². The monoisotopic (exact) mass is 252 g/mol. The molecule has 0 spiro atoms. The molecule has 0 atom stereocenters. The van der Waals surface area contributed by atoms with Crippen LogP contribution in [0.2, 0.25) is 0 Å². The molecule has 0 amide bonds. The van der Waals surface area contributed by atoms with Crippen molar-refractivity contribution in [3.63, 3.8) is 0 Å². The summed E-state index contributed by atoms with van der Waals surface area (Å²) in [5, 5.41) is 0. The first-order valence-electron chi connectivity index (χ1n) is 4.45. The lowest BCUT2D eigenvalue weighted by atomic mass is 10.2. The Kier molecular flexibility index (Phi) is 4.86. The molecule has 0 radical (unpaired) electrons. The molecule has 0 fully saturated rings. The number of rotatable bonds is 4. The SMILES string of the molecule is FC(F)(F)c1cccc(SCCCS)c1. The van der Waals surface area contributed by atoms with Gasteiger partial charge in [-0.15, -0.1) is 11.8 Å². The first kappa shape index (κ1) is 12.8. The number of hydrogen-bond donors (Lipinski definition) is 1. The van der Waals surface area contributed by atoms with Crippen LogP contribution in [0.4, 0.5) is 13.2 Å². The Labute approximate surface area is 96.7 Å². The van der Waals surface area contributed by atoms with Gasteiger partial charge in [-0.1, -0.05) is 6.07 Å². The van der Waals surface area contributed by atoms with E-state index in [2.05, 4.69) is 12.6 Å². The normalized spacial score (nSPS) is 11.7. The van der Waals surface area contributed by atoms with E-state index in [1.807, 2.05) is 0 Å². The van der Waals surface area contributed by atoms with Crippen molar-refractivity contribution in [2.75, 3.05) is 11.5 Å². The fraction of sp³-hybridized carbons (Fsp3) is 0.400. The highest BCUT2D eigenvalue weighted by atomic mass is 32.2. The maximum atomic E-state index is 12.3. The Morgan fingerprint density at radius 2 is 2.00 bits per heavy atom. The molecular weight excluding hydrogens is 241 g/mol. The minimum absolute atomic E-state index is 0.585. The molecule has 0 saturated carbocycles. The van der Waals surface area contributed by atoms with Gasteiger partial charge in [-0.3, -0.25) is 0 Å². The first-order chi connectivity index (χ1) is 7.04. The fourth-order valence-electron chi connectivity index (χ4n) is 1.02. The number of benzene rings is 1. The molecule has 15 heavy (non-hydrogen) atoms. The van der Waals surface area contributed by atoms with Crippen LogP contribution < -0.4 is 0 Å². The van der Waals surface area contributed by atoms with Gasteiger partial charge in [0.2, 0.25) is 0 Å². The third-order valence-corrected chi connectivity index (χ3v) is 3.13. The zero-order chi connectivity index (χ0) is 11.3. The summed E-state index contributed by atoms with van der Waals surface area (Å²) < 4.78 is 37.0. The average molecular weight is 252 g/mol. The summed E-state index contributed by atoms with van der Waals surface area (Å²) in [5.41, 5.74) is -0.585. The number of thioether (sulfide) groups is 1. The maximum absolute atomic E-state index is 12.3. The molecule has 0 bridgehead atoms. The quantitative estimate of drug-likeness (QED) is 0.478.